The van der Waals surface area contributed by atoms with E-state index in [1.807, 2.05) is 48.5 Å². The van der Waals surface area contributed by atoms with Gasteiger partial charge in [0.2, 0.25) is 0 Å². The molecule has 2 heterocycles. The molecular weight excluding hydrogens is 414 g/mol. The molecule has 5 aromatic rings. The fraction of sp³-hybridized carbons (Fsp3) is 0. The molecule has 2 N–H and O–H groups in total. The molecule has 2 aromatic heterocycles. The highest BCUT2D eigenvalue weighted by atomic mass is 16.6. The Labute approximate surface area is 178 Å². The maximum absolute atomic E-state index is 11.3. The number of nitro groups is 2. The Kier molecular flexibility index (Phi) is 3.96. The van der Waals surface area contributed by atoms with Crippen molar-refractivity contribution in [2.45, 2.75) is 0 Å². The van der Waals surface area contributed by atoms with Gasteiger partial charge in [-0.15, -0.1) is 0 Å². The van der Waals surface area contributed by atoms with E-state index in [-0.39, 0.29) is 33.6 Å². The van der Waals surface area contributed by atoms with Crippen molar-refractivity contribution < 1.29 is 9.85 Å². The van der Waals surface area contributed by atoms with Crippen LogP contribution in [0.15, 0.2) is 54.6 Å². The highest BCUT2D eigenvalue weighted by Gasteiger charge is 2.27. The number of anilines is 1. The normalized spacial score (nSPS) is 11.1. The van der Waals surface area contributed by atoms with Gasteiger partial charge in [0.05, 0.1) is 33.0 Å². The molecule has 154 valence electrons. The molecule has 3 aromatic carbocycles. The first-order valence-electron chi connectivity index (χ1n) is 9.23. The van der Waals surface area contributed by atoms with Gasteiger partial charge in [-0.05, 0) is 22.9 Å². The van der Waals surface area contributed by atoms with E-state index in [2.05, 4.69) is 9.97 Å². The molecular formula is C21H11N7O4. The number of aromatic nitrogens is 3. The lowest BCUT2D eigenvalue weighted by Crippen LogP contribution is -2.02. The van der Waals surface area contributed by atoms with E-state index in [0.29, 0.717) is 5.69 Å². The van der Waals surface area contributed by atoms with Crippen molar-refractivity contribution in [2.24, 2.45) is 0 Å². The number of rotatable bonds is 3. The van der Waals surface area contributed by atoms with Gasteiger partial charge >= 0.3 is 11.4 Å². The predicted octanol–water partition coefficient (Wildman–Crippen LogP) is 4.00. The fourth-order valence-corrected chi connectivity index (χ4v) is 3.72. The topological polar surface area (TPSA) is 167 Å². The van der Waals surface area contributed by atoms with E-state index >= 15 is 0 Å². The third-order valence-electron chi connectivity index (χ3n) is 5.18. The van der Waals surface area contributed by atoms with Crippen LogP contribution in [0.25, 0.3) is 38.7 Å². The minimum atomic E-state index is -0.858. The summed E-state index contributed by atoms with van der Waals surface area (Å²) >= 11 is 0. The van der Waals surface area contributed by atoms with Crippen LogP contribution >= 0.6 is 0 Å². The molecule has 0 aliphatic carbocycles. The molecule has 5 rings (SSSR count). The number of hydrogen-bond donors (Lipinski definition) is 1. The summed E-state index contributed by atoms with van der Waals surface area (Å²) in [5.74, 6) is 0.0945. The van der Waals surface area contributed by atoms with Crippen molar-refractivity contribution in [3.8, 4) is 11.8 Å². The van der Waals surface area contributed by atoms with Gasteiger partial charge in [0, 0.05) is 5.69 Å². The second-order valence-electron chi connectivity index (χ2n) is 6.98. The van der Waals surface area contributed by atoms with Crippen LogP contribution in [-0.4, -0.2) is 24.4 Å². The highest BCUT2D eigenvalue weighted by molar-refractivity contribution is 5.96. The third kappa shape index (κ3) is 2.67. The number of hydrogen-bond acceptors (Lipinski definition) is 8. The van der Waals surface area contributed by atoms with Crippen molar-refractivity contribution in [1.82, 2.24) is 14.5 Å². The average molecular weight is 425 g/mol. The van der Waals surface area contributed by atoms with Crippen LogP contribution in [-0.2, 0) is 0 Å². The van der Waals surface area contributed by atoms with E-state index < -0.39 is 21.2 Å². The Morgan fingerprint density at radius 2 is 1.53 bits per heavy atom. The first-order valence-corrected chi connectivity index (χ1v) is 9.23. The molecule has 11 heteroatoms. The van der Waals surface area contributed by atoms with Crippen LogP contribution in [0, 0.1) is 31.6 Å². The molecule has 32 heavy (non-hydrogen) atoms. The molecule has 11 nitrogen and oxygen atoms in total. The number of nitrogens with zero attached hydrogens (tertiary/aromatic N) is 6. The van der Waals surface area contributed by atoms with E-state index in [9.17, 15) is 25.5 Å². The minimum absolute atomic E-state index is 0.0435. The largest absolute Gasteiger partial charge is 0.384 e. The van der Waals surface area contributed by atoms with E-state index in [1.54, 1.807) is 4.57 Å². The summed E-state index contributed by atoms with van der Waals surface area (Å²) in [4.78, 5) is 29.7. The average Bonchev–Trinajstić information content (AvgIpc) is 3.05. The van der Waals surface area contributed by atoms with Gasteiger partial charge < -0.3 is 5.73 Å². The number of benzene rings is 3. The van der Waals surface area contributed by atoms with E-state index in [4.69, 9.17) is 5.73 Å². The molecule has 0 bridgehead atoms. The maximum atomic E-state index is 11.3. The van der Waals surface area contributed by atoms with E-state index in [1.165, 1.54) is 0 Å². The molecule has 0 saturated carbocycles. The Bertz CT molecular complexity index is 1670. The molecule has 0 amide bonds. The van der Waals surface area contributed by atoms with Gasteiger partial charge in [-0.1, -0.05) is 30.3 Å². The van der Waals surface area contributed by atoms with Gasteiger partial charge in [-0.3, -0.25) is 24.8 Å². The molecule has 0 radical (unpaired) electrons. The SMILES string of the molecule is N#Cc1c(N)n(-c2ccc3ccccc3c2)c2nc3cc([N+](=O)[O-])c([N+](=O)[O-])cc3nc12. The monoisotopic (exact) mass is 425 g/mol. The zero-order valence-electron chi connectivity index (χ0n) is 16.1. The number of nitro benzene ring substituents is 2. The first kappa shape index (κ1) is 18.9. The molecule has 0 saturated heterocycles. The first-order chi connectivity index (χ1) is 15.4. The van der Waals surface area contributed by atoms with Crippen LogP contribution in [0.2, 0.25) is 0 Å². The lowest BCUT2D eigenvalue weighted by molar-refractivity contribution is -0.422. The predicted molar refractivity (Wildman–Crippen MR) is 116 cm³/mol. The Balaban J connectivity index is 1.87. The Hall–Kier alpha value is -5.11. The Morgan fingerprint density at radius 1 is 0.906 bits per heavy atom. The summed E-state index contributed by atoms with van der Waals surface area (Å²) in [7, 11) is 0. The smallest absolute Gasteiger partial charge is 0.348 e. The summed E-state index contributed by atoms with van der Waals surface area (Å²) in [5, 5.41) is 34.2. The van der Waals surface area contributed by atoms with Crippen LogP contribution in [0.3, 0.4) is 0 Å². The van der Waals surface area contributed by atoms with Crippen molar-refractivity contribution in [3.05, 3.63) is 80.4 Å². The molecule has 0 unspecified atom stereocenters. The van der Waals surface area contributed by atoms with Crippen LogP contribution in [0.5, 0.6) is 0 Å². The zero-order valence-corrected chi connectivity index (χ0v) is 16.1. The Morgan fingerprint density at radius 3 is 2.16 bits per heavy atom. The molecule has 0 atom stereocenters. The summed E-state index contributed by atoms with van der Waals surface area (Å²) in [6.45, 7) is 0. The molecule has 0 aliphatic heterocycles. The minimum Gasteiger partial charge on any atom is -0.384 e. The summed E-state index contributed by atoms with van der Waals surface area (Å²) < 4.78 is 1.54. The summed E-state index contributed by atoms with van der Waals surface area (Å²) in [6, 6.07) is 17.2. The highest BCUT2D eigenvalue weighted by Crippen LogP contribution is 2.35. The van der Waals surface area contributed by atoms with Crippen molar-refractivity contribution >= 4 is 50.2 Å². The summed E-state index contributed by atoms with van der Waals surface area (Å²) in [5.41, 5.74) is 6.01. The van der Waals surface area contributed by atoms with Gasteiger partial charge in [0.15, 0.2) is 5.65 Å². The molecule has 0 spiro atoms. The molecule has 0 aliphatic rings. The van der Waals surface area contributed by atoms with Gasteiger partial charge in [0.25, 0.3) is 0 Å². The number of nitrogen functional groups attached to an aromatic ring is 1. The molecule has 0 fully saturated rings. The van der Waals surface area contributed by atoms with Crippen LogP contribution in [0.1, 0.15) is 5.56 Å². The third-order valence-corrected chi connectivity index (χ3v) is 5.18. The second kappa shape index (κ2) is 6.71. The van der Waals surface area contributed by atoms with Gasteiger partial charge in [0.1, 0.15) is 23.0 Å². The lowest BCUT2D eigenvalue weighted by Gasteiger charge is -2.09. The standard InChI is InChI=1S/C21H11N7O4/c22-10-14-19-21(25-16-9-18(28(31)32)17(27(29)30)8-15(16)24-19)26(20(14)23)13-6-5-11-3-1-2-4-12(11)7-13/h1-9H,23H2. The van der Waals surface area contributed by atoms with Crippen molar-refractivity contribution in [1.29, 1.82) is 5.26 Å². The number of nitriles is 1. The summed E-state index contributed by atoms with van der Waals surface area (Å²) in [6.07, 6.45) is 0. The number of nitrogens with two attached hydrogens (primary N) is 1. The van der Waals surface area contributed by atoms with Crippen molar-refractivity contribution in [2.75, 3.05) is 5.73 Å². The lowest BCUT2D eigenvalue weighted by atomic mass is 10.1. The zero-order chi connectivity index (χ0) is 22.6. The fourth-order valence-electron chi connectivity index (χ4n) is 3.72. The number of fused-ring (bicyclic) bond motifs is 3. The maximum Gasteiger partial charge on any atom is 0.348 e. The van der Waals surface area contributed by atoms with Crippen LogP contribution in [0.4, 0.5) is 17.2 Å². The van der Waals surface area contributed by atoms with Crippen LogP contribution < -0.4 is 5.73 Å². The second-order valence-corrected chi connectivity index (χ2v) is 6.98. The van der Waals surface area contributed by atoms with Gasteiger partial charge in [-0.25, -0.2) is 9.97 Å². The van der Waals surface area contributed by atoms with Crippen molar-refractivity contribution in [3.63, 3.8) is 0 Å². The van der Waals surface area contributed by atoms with E-state index in [0.717, 1.165) is 22.9 Å². The van der Waals surface area contributed by atoms with Gasteiger partial charge in [-0.2, -0.15) is 5.26 Å². The quantitative estimate of drug-likeness (QED) is 0.334.